The van der Waals surface area contributed by atoms with Gasteiger partial charge in [-0.15, -0.1) is 0 Å². The maximum Gasteiger partial charge on any atom is 0.262 e. The van der Waals surface area contributed by atoms with Gasteiger partial charge in [-0.25, -0.2) is 0 Å². The minimum atomic E-state index is -0.152. The van der Waals surface area contributed by atoms with Crippen molar-refractivity contribution in [3.05, 3.63) is 64.6 Å². The fourth-order valence-corrected chi connectivity index (χ4v) is 3.90. The van der Waals surface area contributed by atoms with Crippen molar-refractivity contribution in [2.24, 2.45) is 0 Å². The van der Waals surface area contributed by atoms with Gasteiger partial charge in [-0.05, 0) is 42.9 Å². The summed E-state index contributed by atoms with van der Waals surface area (Å²) in [6, 6.07) is 15.2. The Balaban J connectivity index is 1.67. The summed E-state index contributed by atoms with van der Waals surface area (Å²) in [7, 11) is 0. The molecular formula is C22H25N3O2S. The predicted octanol–water partition coefficient (Wildman–Crippen LogP) is 3.84. The van der Waals surface area contributed by atoms with Gasteiger partial charge in [0, 0.05) is 23.5 Å². The highest BCUT2D eigenvalue weighted by atomic mass is 32.2. The molecule has 0 fully saturated rings. The van der Waals surface area contributed by atoms with Crippen LogP contribution in [0.5, 0.6) is 0 Å². The molecule has 3 rings (SSSR count). The highest BCUT2D eigenvalue weighted by Crippen LogP contribution is 2.39. The first kappa shape index (κ1) is 20.2. The van der Waals surface area contributed by atoms with Crippen LogP contribution in [-0.2, 0) is 4.79 Å². The molecule has 0 spiro atoms. The number of rotatable bonds is 7. The van der Waals surface area contributed by atoms with Gasteiger partial charge in [0.1, 0.15) is 0 Å². The number of fused-ring (bicyclic) bond motifs is 1. The molecule has 0 saturated carbocycles. The Bertz CT molecular complexity index is 877. The van der Waals surface area contributed by atoms with E-state index in [1.807, 2.05) is 42.5 Å². The highest BCUT2D eigenvalue weighted by Gasteiger charge is 2.22. The summed E-state index contributed by atoms with van der Waals surface area (Å²) in [5.41, 5.74) is 2.21. The molecule has 1 aliphatic rings. The van der Waals surface area contributed by atoms with E-state index in [0.717, 1.165) is 30.1 Å². The third kappa shape index (κ3) is 5.03. The number of nitrogens with zero attached hydrogens (tertiary/aromatic N) is 1. The Hall–Kier alpha value is -2.57. The molecule has 6 heteroatoms. The third-order valence-electron chi connectivity index (χ3n) is 4.64. The van der Waals surface area contributed by atoms with E-state index >= 15 is 0 Å². The van der Waals surface area contributed by atoms with Crippen LogP contribution in [0.2, 0.25) is 0 Å². The quantitative estimate of drug-likeness (QED) is 0.699. The van der Waals surface area contributed by atoms with Crippen LogP contribution >= 0.6 is 11.8 Å². The molecule has 0 saturated heterocycles. The third-order valence-corrected chi connectivity index (χ3v) is 5.74. The molecule has 28 heavy (non-hydrogen) atoms. The minimum Gasteiger partial charge on any atom is -0.351 e. The van der Waals surface area contributed by atoms with E-state index in [-0.39, 0.29) is 11.8 Å². The molecule has 5 nitrogen and oxygen atoms in total. The molecule has 0 aromatic heterocycles. The molecule has 0 radical (unpaired) electrons. The number of hydrogen-bond acceptors (Lipinski definition) is 4. The lowest BCUT2D eigenvalue weighted by molar-refractivity contribution is -0.112. The van der Waals surface area contributed by atoms with Crippen LogP contribution in [0.1, 0.15) is 29.8 Å². The van der Waals surface area contributed by atoms with E-state index in [4.69, 9.17) is 0 Å². The smallest absolute Gasteiger partial charge is 0.262 e. The van der Waals surface area contributed by atoms with Crippen molar-refractivity contribution < 1.29 is 9.59 Å². The van der Waals surface area contributed by atoms with E-state index < -0.39 is 0 Å². The number of hydrogen-bond donors (Lipinski definition) is 2. The zero-order valence-electron chi connectivity index (χ0n) is 16.2. The van der Waals surface area contributed by atoms with Crippen LogP contribution in [0.25, 0.3) is 6.08 Å². The number of nitrogens with one attached hydrogen (secondary N) is 2. The standard InChI is InChI=1S/C22H25N3O2S/c1-3-25(4-2)13-12-23-21(26)17-10-11-19-18(15-17)24-22(27)20(28-19)14-16-8-6-5-7-9-16/h5-11,14-15H,3-4,12-13H2,1-2H3,(H,23,26)(H,24,27). The SMILES string of the molecule is CCN(CC)CCNC(=O)c1ccc2c(c1)NC(=O)C(=Cc1ccccc1)S2. The van der Waals surface area contributed by atoms with Crippen molar-refractivity contribution in [1.29, 1.82) is 0 Å². The monoisotopic (exact) mass is 395 g/mol. The number of thioether (sulfide) groups is 1. The average molecular weight is 396 g/mol. The lowest BCUT2D eigenvalue weighted by Crippen LogP contribution is -2.34. The molecule has 2 N–H and O–H groups in total. The van der Waals surface area contributed by atoms with Crippen LogP contribution in [0.4, 0.5) is 5.69 Å². The van der Waals surface area contributed by atoms with Crippen molar-refractivity contribution in [2.45, 2.75) is 18.7 Å². The molecule has 1 aliphatic heterocycles. The van der Waals surface area contributed by atoms with E-state index in [1.165, 1.54) is 11.8 Å². The van der Waals surface area contributed by atoms with Crippen molar-refractivity contribution in [2.75, 3.05) is 31.5 Å². The van der Waals surface area contributed by atoms with E-state index in [9.17, 15) is 9.59 Å². The molecule has 0 bridgehead atoms. The lowest BCUT2D eigenvalue weighted by atomic mass is 10.1. The maximum atomic E-state index is 12.4. The van der Waals surface area contributed by atoms with Crippen molar-refractivity contribution in [3.8, 4) is 0 Å². The number of amides is 2. The summed E-state index contributed by atoms with van der Waals surface area (Å²) in [6.07, 6.45) is 1.87. The molecule has 0 atom stereocenters. The van der Waals surface area contributed by atoms with Crippen LogP contribution in [0, 0.1) is 0 Å². The maximum absolute atomic E-state index is 12.4. The Kier molecular flexibility index (Phi) is 6.90. The van der Waals surface area contributed by atoms with Crippen LogP contribution in [0.3, 0.4) is 0 Å². The van der Waals surface area contributed by atoms with Gasteiger partial charge in [-0.2, -0.15) is 0 Å². The Morgan fingerprint density at radius 3 is 2.61 bits per heavy atom. The first-order valence-corrected chi connectivity index (χ1v) is 10.3. The molecule has 2 aromatic carbocycles. The Morgan fingerprint density at radius 2 is 1.89 bits per heavy atom. The summed E-state index contributed by atoms with van der Waals surface area (Å²) in [4.78, 5) is 28.7. The van der Waals surface area contributed by atoms with Gasteiger partial charge in [0.25, 0.3) is 11.8 Å². The largest absolute Gasteiger partial charge is 0.351 e. The van der Waals surface area contributed by atoms with Gasteiger partial charge in [-0.3, -0.25) is 9.59 Å². The van der Waals surface area contributed by atoms with E-state index in [0.29, 0.717) is 22.7 Å². The summed E-state index contributed by atoms with van der Waals surface area (Å²) in [5.74, 6) is -0.278. The number of benzene rings is 2. The normalized spacial score (nSPS) is 14.7. The van der Waals surface area contributed by atoms with E-state index in [2.05, 4.69) is 29.4 Å². The minimum absolute atomic E-state index is 0.125. The van der Waals surface area contributed by atoms with E-state index in [1.54, 1.807) is 12.1 Å². The summed E-state index contributed by atoms with van der Waals surface area (Å²) in [6.45, 7) is 7.57. The van der Waals surface area contributed by atoms with Crippen molar-refractivity contribution >= 4 is 35.3 Å². The predicted molar refractivity (Wildman–Crippen MR) is 115 cm³/mol. The fraction of sp³-hybridized carbons (Fsp3) is 0.273. The first-order valence-electron chi connectivity index (χ1n) is 9.51. The second-order valence-corrected chi connectivity index (χ2v) is 7.55. The van der Waals surface area contributed by atoms with Crippen molar-refractivity contribution in [3.63, 3.8) is 0 Å². The van der Waals surface area contributed by atoms with Gasteiger partial charge in [-0.1, -0.05) is 55.9 Å². The molecular weight excluding hydrogens is 370 g/mol. The zero-order valence-corrected chi connectivity index (χ0v) is 17.0. The molecule has 2 amide bonds. The Labute approximate surface area is 170 Å². The first-order chi connectivity index (χ1) is 13.6. The average Bonchev–Trinajstić information content (AvgIpc) is 2.72. The second kappa shape index (κ2) is 9.57. The van der Waals surface area contributed by atoms with Crippen molar-refractivity contribution in [1.82, 2.24) is 10.2 Å². The van der Waals surface area contributed by atoms with Gasteiger partial charge >= 0.3 is 0 Å². The molecule has 0 aliphatic carbocycles. The summed E-state index contributed by atoms with van der Waals surface area (Å²) < 4.78 is 0. The van der Waals surface area contributed by atoms with Crippen LogP contribution in [0.15, 0.2) is 58.3 Å². The zero-order chi connectivity index (χ0) is 19.9. The number of anilines is 1. The highest BCUT2D eigenvalue weighted by molar-refractivity contribution is 8.04. The number of carbonyl (C=O) groups is 2. The van der Waals surface area contributed by atoms with Gasteiger partial charge < -0.3 is 15.5 Å². The topological polar surface area (TPSA) is 61.4 Å². The molecule has 1 heterocycles. The molecule has 2 aromatic rings. The number of likely N-dealkylation sites (N-methyl/N-ethyl adjacent to an activating group) is 1. The summed E-state index contributed by atoms with van der Waals surface area (Å²) in [5, 5.41) is 5.85. The summed E-state index contributed by atoms with van der Waals surface area (Å²) >= 11 is 1.42. The number of carbonyl (C=O) groups excluding carboxylic acids is 2. The van der Waals surface area contributed by atoms with Gasteiger partial charge in [0.05, 0.1) is 10.6 Å². The second-order valence-electron chi connectivity index (χ2n) is 6.47. The fourth-order valence-electron chi connectivity index (χ4n) is 2.97. The van der Waals surface area contributed by atoms with Gasteiger partial charge in [0.15, 0.2) is 0 Å². The van der Waals surface area contributed by atoms with Gasteiger partial charge in [0.2, 0.25) is 0 Å². The molecule has 146 valence electrons. The van der Waals surface area contributed by atoms with Crippen LogP contribution < -0.4 is 10.6 Å². The Morgan fingerprint density at radius 1 is 1.14 bits per heavy atom. The van der Waals surface area contributed by atoms with Crippen LogP contribution in [-0.4, -0.2) is 42.9 Å². The molecule has 0 unspecified atom stereocenters. The lowest BCUT2D eigenvalue weighted by Gasteiger charge is -2.20.